The number of pyridine rings is 1. The minimum absolute atomic E-state index is 0.161. The van der Waals surface area contributed by atoms with E-state index in [-0.39, 0.29) is 6.10 Å². The Bertz CT molecular complexity index is 1230. The number of benzene rings is 2. The molecule has 2 heterocycles. The lowest BCUT2D eigenvalue weighted by molar-refractivity contribution is 0.0338. The third-order valence-electron chi connectivity index (χ3n) is 6.22. The summed E-state index contributed by atoms with van der Waals surface area (Å²) in [5, 5.41) is 0. The summed E-state index contributed by atoms with van der Waals surface area (Å²) in [5.74, 6) is 1.19. The Kier molecular flexibility index (Phi) is 8.72. The Labute approximate surface area is 210 Å². The quantitative estimate of drug-likeness (QED) is 0.381. The van der Waals surface area contributed by atoms with Gasteiger partial charge in [0.25, 0.3) is 6.43 Å². The fraction of sp³-hybridized carbons (Fsp3) is 0.393. The lowest BCUT2D eigenvalue weighted by Gasteiger charge is -2.27. The number of halogens is 2. The van der Waals surface area contributed by atoms with Crippen LogP contribution in [0.3, 0.4) is 0 Å². The van der Waals surface area contributed by atoms with Crippen LogP contribution in [0.2, 0.25) is 0 Å². The molecule has 0 unspecified atom stereocenters. The van der Waals surface area contributed by atoms with Crippen LogP contribution in [0.15, 0.2) is 59.6 Å². The van der Waals surface area contributed by atoms with Gasteiger partial charge in [-0.05, 0) is 42.7 Å². The van der Waals surface area contributed by atoms with Crippen LogP contribution in [0.1, 0.15) is 16.7 Å². The standard InChI is InChI=1S/C28H32F2N2O4/c1-19-25(36-16-20-7-5-4-6-8-20)14-27(31-15-23(34-3)17-33-2)32-12-11-21-13-22(35-18-26(29)30)9-10-24(21)28(19)32/h4-10,13-14,23,26H,11-12,15-18H2,1-3H3/t23-/m1/s1. The van der Waals surface area contributed by atoms with E-state index in [1.807, 2.05) is 55.5 Å². The number of hydrogen-bond acceptors (Lipinski definition) is 5. The summed E-state index contributed by atoms with van der Waals surface area (Å²) in [6, 6.07) is 17.5. The summed E-state index contributed by atoms with van der Waals surface area (Å²) in [6.07, 6.45) is -1.94. The number of hydrogen-bond donors (Lipinski definition) is 0. The molecule has 1 aromatic heterocycles. The number of fused-ring (bicyclic) bond motifs is 3. The molecule has 4 rings (SSSR count). The van der Waals surface area contributed by atoms with Crippen molar-refractivity contribution in [3.8, 4) is 22.8 Å². The highest BCUT2D eigenvalue weighted by Gasteiger charge is 2.22. The van der Waals surface area contributed by atoms with Crippen LogP contribution in [0, 0.1) is 6.92 Å². The van der Waals surface area contributed by atoms with E-state index < -0.39 is 13.0 Å². The second-order valence-electron chi connectivity index (χ2n) is 8.69. The Morgan fingerprint density at radius 3 is 2.53 bits per heavy atom. The van der Waals surface area contributed by atoms with Crippen LogP contribution in [0.25, 0.3) is 11.3 Å². The van der Waals surface area contributed by atoms with E-state index >= 15 is 0 Å². The van der Waals surface area contributed by atoms with Crippen LogP contribution in [-0.2, 0) is 29.0 Å². The van der Waals surface area contributed by atoms with Crippen molar-refractivity contribution in [2.75, 3.05) is 34.0 Å². The minimum atomic E-state index is -2.51. The second-order valence-corrected chi connectivity index (χ2v) is 8.69. The number of aryl methyl sites for hydroxylation is 1. The van der Waals surface area contributed by atoms with Gasteiger partial charge in [-0.2, -0.15) is 0 Å². The molecule has 8 heteroatoms. The van der Waals surface area contributed by atoms with Gasteiger partial charge in [-0.1, -0.05) is 30.3 Å². The number of alkyl halides is 2. The maximum Gasteiger partial charge on any atom is 0.272 e. The summed E-state index contributed by atoms with van der Waals surface area (Å²) >= 11 is 0. The van der Waals surface area contributed by atoms with Gasteiger partial charge in [0, 0.05) is 38.0 Å². The molecule has 192 valence electrons. The first-order chi connectivity index (χ1) is 17.5. The molecule has 0 spiro atoms. The highest BCUT2D eigenvalue weighted by Crippen LogP contribution is 2.36. The normalized spacial score (nSPS) is 13.9. The van der Waals surface area contributed by atoms with E-state index in [0.717, 1.165) is 45.6 Å². The maximum atomic E-state index is 12.6. The van der Waals surface area contributed by atoms with Crippen molar-refractivity contribution < 1.29 is 27.7 Å². The van der Waals surface area contributed by atoms with Gasteiger partial charge in [-0.25, -0.2) is 8.78 Å². The lowest BCUT2D eigenvalue weighted by Crippen LogP contribution is -2.30. The Morgan fingerprint density at radius 2 is 1.81 bits per heavy atom. The molecule has 6 nitrogen and oxygen atoms in total. The van der Waals surface area contributed by atoms with Gasteiger partial charge in [0.05, 0.1) is 24.9 Å². The average molecular weight is 499 g/mol. The molecule has 0 amide bonds. The fourth-order valence-electron chi connectivity index (χ4n) is 4.39. The van der Waals surface area contributed by atoms with Crippen molar-refractivity contribution >= 4 is 0 Å². The van der Waals surface area contributed by atoms with Crippen LogP contribution in [-0.4, -0.2) is 51.1 Å². The highest BCUT2D eigenvalue weighted by atomic mass is 19.3. The van der Waals surface area contributed by atoms with Crippen molar-refractivity contribution in [2.24, 2.45) is 4.99 Å². The van der Waals surface area contributed by atoms with Crippen molar-refractivity contribution in [2.45, 2.75) is 39.0 Å². The predicted octanol–water partition coefficient (Wildman–Crippen LogP) is 4.80. The van der Waals surface area contributed by atoms with Gasteiger partial charge >= 0.3 is 0 Å². The highest BCUT2D eigenvalue weighted by molar-refractivity contribution is 5.71. The van der Waals surface area contributed by atoms with Crippen LogP contribution >= 0.6 is 0 Å². The van der Waals surface area contributed by atoms with E-state index in [1.54, 1.807) is 20.3 Å². The Hall–Kier alpha value is -3.23. The first kappa shape index (κ1) is 25.9. The zero-order valence-electron chi connectivity index (χ0n) is 20.9. The second kappa shape index (κ2) is 12.1. The first-order valence-electron chi connectivity index (χ1n) is 12.0. The van der Waals surface area contributed by atoms with Crippen molar-refractivity contribution in [3.63, 3.8) is 0 Å². The number of aromatic nitrogens is 1. The minimum Gasteiger partial charge on any atom is -0.488 e. The van der Waals surface area contributed by atoms with Gasteiger partial charge in [0.2, 0.25) is 0 Å². The Balaban J connectivity index is 1.75. The number of methoxy groups -OCH3 is 2. The monoisotopic (exact) mass is 498 g/mol. The lowest BCUT2D eigenvalue weighted by atomic mass is 9.94. The van der Waals surface area contributed by atoms with Gasteiger partial charge < -0.3 is 23.5 Å². The maximum absolute atomic E-state index is 12.6. The SMILES string of the molecule is COC[C@@H](CN=c1cc(OCc2ccccc2)c(C)c2n1CCc1cc(OCC(F)F)ccc1-2)OC. The van der Waals surface area contributed by atoms with E-state index in [1.165, 1.54) is 0 Å². The molecule has 1 aliphatic heterocycles. The van der Waals surface area contributed by atoms with Crippen LogP contribution in [0.4, 0.5) is 8.78 Å². The molecular weight excluding hydrogens is 466 g/mol. The third-order valence-corrected chi connectivity index (χ3v) is 6.22. The van der Waals surface area contributed by atoms with Crippen molar-refractivity contribution in [1.29, 1.82) is 0 Å². The molecule has 0 N–H and O–H groups in total. The molecule has 1 aliphatic rings. The van der Waals surface area contributed by atoms with Crippen LogP contribution in [0.5, 0.6) is 11.5 Å². The smallest absolute Gasteiger partial charge is 0.272 e. The summed E-state index contributed by atoms with van der Waals surface area (Å²) in [6.45, 7) is 3.43. The van der Waals surface area contributed by atoms with Gasteiger partial charge in [-0.15, -0.1) is 0 Å². The van der Waals surface area contributed by atoms with Crippen molar-refractivity contribution in [1.82, 2.24) is 4.57 Å². The molecule has 0 radical (unpaired) electrons. The van der Waals surface area contributed by atoms with Crippen molar-refractivity contribution in [3.05, 3.63) is 76.8 Å². The number of rotatable bonds is 11. The zero-order valence-corrected chi connectivity index (χ0v) is 20.9. The van der Waals surface area contributed by atoms with E-state index in [4.69, 9.17) is 23.9 Å². The molecule has 0 bridgehead atoms. The summed E-state index contributed by atoms with van der Waals surface area (Å²) in [5.41, 5.74) is 5.92. The number of ether oxygens (including phenoxy) is 4. The molecule has 0 aliphatic carbocycles. The van der Waals surface area contributed by atoms with Gasteiger partial charge in [0.15, 0.2) is 0 Å². The molecule has 0 saturated heterocycles. The molecule has 3 aromatic rings. The van der Waals surface area contributed by atoms with Crippen LogP contribution < -0.4 is 15.0 Å². The van der Waals surface area contributed by atoms with Gasteiger partial charge in [-0.3, -0.25) is 4.99 Å². The largest absolute Gasteiger partial charge is 0.488 e. The topological polar surface area (TPSA) is 54.2 Å². The van der Waals surface area contributed by atoms with E-state index in [0.29, 0.717) is 32.1 Å². The third kappa shape index (κ3) is 6.12. The summed E-state index contributed by atoms with van der Waals surface area (Å²) in [4.78, 5) is 4.88. The zero-order chi connectivity index (χ0) is 25.5. The van der Waals surface area contributed by atoms with E-state index in [2.05, 4.69) is 4.57 Å². The molecular formula is C28H32F2N2O4. The van der Waals surface area contributed by atoms with E-state index in [9.17, 15) is 8.78 Å². The predicted molar refractivity (Wildman–Crippen MR) is 134 cm³/mol. The molecule has 1 atom stereocenters. The molecule has 2 aromatic carbocycles. The molecule has 0 fully saturated rings. The molecule has 36 heavy (non-hydrogen) atoms. The van der Waals surface area contributed by atoms with Gasteiger partial charge in [0.1, 0.15) is 30.2 Å². The fourth-order valence-corrected chi connectivity index (χ4v) is 4.39. The average Bonchev–Trinajstić information content (AvgIpc) is 2.90. The number of nitrogens with zero attached hydrogens (tertiary/aromatic N) is 2. The summed E-state index contributed by atoms with van der Waals surface area (Å²) in [7, 11) is 3.29. The molecule has 0 saturated carbocycles. The Morgan fingerprint density at radius 1 is 1.00 bits per heavy atom. The first-order valence-corrected chi connectivity index (χ1v) is 12.0. The summed E-state index contributed by atoms with van der Waals surface area (Å²) < 4.78 is 49.7.